The lowest BCUT2D eigenvalue weighted by Gasteiger charge is -2.14. The average molecular weight is 228 g/mol. The Hall–Kier alpha value is -1.61. The van der Waals surface area contributed by atoms with Crippen LogP contribution in [0.1, 0.15) is 12.8 Å². The van der Waals surface area contributed by atoms with Crippen LogP contribution in [0.2, 0.25) is 0 Å². The number of fused-ring (bicyclic) bond motifs is 1. The second-order valence-corrected chi connectivity index (χ2v) is 4.63. The van der Waals surface area contributed by atoms with E-state index in [4.69, 9.17) is 0 Å². The molecule has 0 radical (unpaired) electrons. The fourth-order valence-electron chi connectivity index (χ4n) is 2.57. The number of nitrogens with zero attached hydrogens (tertiary/aromatic N) is 1. The van der Waals surface area contributed by atoms with Gasteiger partial charge in [-0.05, 0) is 36.9 Å². The van der Waals surface area contributed by atoms with Crippen LogP contribution in [-0.2, 0) is 6.54 Å². The Kier molecular flexibility index (Phi) is 2.69. The molecule has 0 unspecified atom stereocenters. The smallest absolute Gasteiger partial charge is 0.251 e. The molecule has 0 aliphatic carbocycles. The number of nitrogens with one attached hydrogen (secondary N) is 1. The monoisotopic (exact) mass is 228 g/mol. The summed E-state index contributed by atoms with van der Waals surface area (Å²) in [6, 6.07) is 12.1. The lowest BCUT2D eigenvalue weighted by Crippen LogP contribution is -2.32. The van der Waals surface area contributed by atoms with E-state index in [-0.39, 0.29) is 5.56 Å². The standard InChI is InChI=1S/C14H16N2O/c17-14-8-7-11-4-1-2-6-13(11)16(14)10-12-5-3-9-15-12/h1-2,4,6-8,12,15H,3,5,9-10H2/t12-/m1/s1. The molecule has 1 aliphatic heterocycles. The first kappa shape index (κ1) is 10.5. The molecule has 3 rings (SSSR count). The third-order valence-electron chi connectivity index (χ3n) is 3.46. The zero-order valence-corrected chi connectivity index (χ0v) is 9.73. The molecule has 0 amide bonds. The van der Waals surface area contributed by atoms with Crippen LogP contribution in [0.15, 0.2) is 41.2 Å². The van der Waals surface area contributed by atoms with Crippen molar-refractivity contribution in [3.05, 3.63) is 46.8 Å². The predicted molar refractivity (Wildman–Crippen MR) is 69.2 cm³/mol. The summed E-state index contributed by atoms with van der Waals surface area (Å²) in [6.45, 7) is 1.85. The highest BCUT2D eigenvalue weighted by Gasteiger charge is 2.15. The second-order valence-electron chi connectivity index (χ2n) is 4.63. The molecule has 2 aromatic rings. The van der Waals surface area contributed by atoms with Gasteiger partial charge in [0.25, 0.3) is 5.56 Å². The van der Waals surface area contributed by atoms with Gasteiger partial charge in [-0.25, -0.2) is 0 Å². The SMILES string of the molecule is O=c1ccc2ccccc2n1C[C@H]1CCCN1. The molecular formula is C14H16N2O. The lowest BCUT2D eigenvalue weighted by atomic mass is 10.2. The van der Waals surface area contributed by atoms with Crippen molar-refractivity contribution in [2.45, 2.75) is 25.4 Å². The van der Waals surface area contributed by atoms with Gasteiger partial charge in [0.15, 0.2) is 0 Å². The summed E-state index contributed by atoms with van der Waals surface area (Å²) >= 11 is 0. The molecule has 1 aromatic heterocycles. The van der Waals surface area contributed by atoms with Gasteiger partial charge in [0, 0.05) is 18.7 Å². The maximum atomic E-state index is 12.0. The minimum atomic E-state index is 0.0948. The van der Waals surface area contributed by atoms with Crippen molar-refractivity contribution in [2.75, 3.05) is 6.54 Å². The zero-order valence-electron chi connectivity index (χ0n) is 9.73. The highest BCUT2D eigenvalue weighted by molar-refractivity contribution is 5.78. The first-order valence-corrected chi connectivity index (χ1v) is 6.16. The number of hydrogen-bond acceptors (Lipinski definition) is 2. The topological polar surface area (TPSA) is 34.0 Å². The van der Waals surface area contributed by atoms with Crippen molar-refractivity contribution in [1.82, 2.24) is 9.88 Å². The van der Waals surface area contributed by atoms with E-state index in [1.807, 2.05) is 34.9 Å². The first-order valence-electron chi connectivity index (χ1n) is 6.16. The fourth-order valence-corrected chi connectivity index (χ4v) is 2.57. The van der Waals surface area contributed by atoms with Gasteiger partial charge in [-0.3, -0.25) is 4.79 Å². The van der Waals surface area contributed by atoms with E-state index in [1.165, 1.54) is 6.42 Å². The molecule has 1 aromatic carbocycles. The van der Waals surface area contributed by atoms with Crippen molar-refractivity contribution >= 4 is 10.9 Å². The number of para-hydroxylation sites is 1. The summed E-state index contributed by atoms with van der Waals surface area (Å²) in [5, 5.41) is 4.57. The van der Waals surface area contributed by atoms with Gasteiger partial charge in [-0.15, -0.1) is 0 Å². The Labute approximate surface area is 100 Å². The minimum absolute atomic E-state index is 0.0948. The zero-order chi connectivity index (χ0) is 11.7. The number of aromatic nitrogens is 1. The van der Waals surface area contributed by atoms with Crippen LogP contribution >= 0.6 is 0 Å². The lowest BCUT2D eigenvalue weighted by molar-refractivity contribution is 0.510. The molecule has 2 heterocycles. The van der Waals surface area contributed by atoms with Crippen molar-refractivity contribution in [1.29, 1.82) is 0 Å². The van der Waals surface area contributed by atoms with Crippen LogP contribution in [0.3, 0.4) is 0 Å². The third kappa shape index (κ3) is 1.98. The van der Waals surface area contributed by atoms with Crippen LogP contribution < -0.4 is 10.9 Å². The largest absolute Gasteiger partial charge is 0.312 e. The van der Waals surface area contributed by atoms with E-state index in [9.17, 15) is 4.79 Å². The maximum Gasteiger partial charge on any atom is 0.251 e. The quantitative estimate of drug-likeness (QED) is 0.849. The molecule has 3 nitrogen and oxygen atoms in total. The highest BCUT2D eigenvalue weighted by Crippen LogP contribution is 2.13. The van der Waals surface area contributed by atoms with E-state index < -0.39 is 0 Å². The van der Waals surface area contributed by atoms with Crippen LogP contribution in [0, 0.1) is 0 Å². The van der Waals surface area contributed by atoms with E-state index in [1.54, 1.807) is 6.07 Å². The highest BCUT2D eigenvalue weighted by atomic mass is 16.1. The molecule has 1 aliphatic rings. The van der Waals surface area contributed by atoms with Crippen molar-refractivity contribution in [2.24, 2.45) is 0 Å². The van der Waals surface area contributed by atoms with Gasteiger partial charge >= 0.3 is 0 Å². The fraction of sp³-hybridized carbons (Fsp3) is 0.357. The molecule has 1 fully saturated rings. The summed E-state index contributed by atoms with van der Waals surface area (Å²) < 4.78 is 1.89. The van der Waals surface area contributed by atoms with Crippen molar-refractivity contribution < 1.29 is 0 Å². The molecule has 0 saturated carbocycles. The summed E-state index contributed by atoms with van der Waals surface area (Å²) in [6.07, 6.45) is 2.37. The maximum absolute atomic E-state index is 12.0. The molecule has 0 spiro atoms. The first-order chi connectivity index (χ1) is 8.34. The summed E-state index contributed by atoms with van der Waals surface area (Å²) in [7, 11) is 0. The molecule has 88 valence electrons. The van der Waals surface area contributed by atoms with Crippen molar-refractivity contribution in [3.63, 3.8) is 0 Å². The number of hydrogen-bond donors (Lipinski definition) is 1. The van der Waals surface area contributed by atoms with Gasteiger partial charge in [0.05, 0.1) is 5.52 Å². The Balaban J connectivity index is 2.06. The Morgan fingerprint density at radius 2 is 2.12 bits per heavy atom. The molecule has 17 heavy (non-hydrogen) atoms. The Morgan fingerprint density at radius 3 is 2.94 bits per heavy atom. The van der Waals surface area contributed by atoms with Crippen LogP contribution in [0.5, 0.6) is 0 Å². The molecule has 3 heteroatoms. The number of benzene rings is 1. The number of rotatable bonds is 2. The molecular weight excluding hydrogens is 212 g/mol. The molecule has 0 bridgehead atoms. The Morgan fingerprint density at radius 1 is 1.24 bits per heavy atom. The van der Waals surface area contributed by atoms with E-state index in [2.05, 4.69) is 5.32 Å². The minimum Gasteiger partial charge on any atom is -0.312 e. The molecule has 1 N–H and O–H groups in total. The van der Waals surface area contributed by atoms with Gasteiger partial charge in [-0.1, -0.05) is 18.2 Å². The molecule has 1 atom stereocenters. The average Bonchev–Trinajstić information content (AvgIpc) is 2.86. The van der Waals surface area contributed by atoms with Crippen molar-refractivity contribution in [3.8, 4) is 0 Å². The normalized spacial score (nSPS) is 19.9. The van der Waals surface area contributed by atoms with E-state index in [0.717, 1.165) is 30.4 Å². The van der Waals surface area contributed by atoms with E-state index >= 15 is 0 Å². The number of pyridine rings is 1. The van der Waals surface area contributed by atoms with Gasteiger partial charge in [-0.2, -0.15) is 0 Å². The van der Waals surface area contributed by atoms with Gasteiger partial charge in [0.2, 0.25) is 0 Å². The Bertz CT molecular complexity index is 582. The van der Waals surface area contributed by atoms with Gasteiger partial charge in [0.1, 0.15) is 0 Å². The third-order valence-corrected chi connectivity index (χ3v) is 3.46. The van der Waals surface area contributed by atoms with Crippen LogP contribution in [0.4, 0.5) is 0 Å². The van der Waals surface area contributed by atoms with Crippen LogP contribution in [-0.4, -0.2) is 17.2 Å². The van der Waals surface area contributed by atoms with Gasteiger partial charge < -0.3 is 9.88 Å². The van der Waals surface area contributed by atoms with Crippen LogP contribution in [0.25, 0.3) is 10.9 Å². The second kappa shape index (κ2) is 4.34. The summed E-state index contributed by atoms with van der Waals surface area (Å²) in [4.78, 5) is 12.0. The summed E-state index contributed by atoms with van der Waals surface area (Å²) in [5.41, 5.74) is 1.13. The summed E-state index contributed by atoms with van der Waals surface area (Å²) in [5.74, 6) is 0. The van der Waals surface area contributed by atoms with E-state index in [0.29, 0.717) is 6.04 Å². The predicted octanol–water partition coefficient (Wildman–Crippen LogP) is 1.75. The molecule has 1 saturated heterocycles.